The van der Waals surface area contributed by atoms with Gasteiger partial charge >= 0.3 is 0 Å². The lowest BCUT2D eigenvalue weighted by molar-refractivity contribution is 0.414. The van der Waals surface area contributed by atoms with E-state index in [1.165, 1.54) is 5.56 Å². The van der Waals surface area contributed by atoms with Crippen LogP contribution in [0.5, 0.6) is 5.75 Å². The first-order valence-electron chi connectivity index (χ1n) is 5.59. The maximum Gasteiger partial charge on any atom is 0.118 e. The summed E-state index contributed by atoms with van der Waals surface area (Å²) in [5, 5.41) is 0.952. The molecule has 0 unspecified atom stereocenters. The van der Waals surface area contributed by atoms with E-state index in [1.807, 2.05) is 42.5 Å². The van der Waals surface area contributed by atoms with Crippen molar-refractivity contribution in [2.75, 3.05) is 7.11 Å². The van der Waals surface area contributed by atoms with Crippen molar-refractivity contribution >= 4 is 27.5 Å². The predicted octanol–water partition coefficient (Wildman–Crippen LogP) is 5.02. The number of benzene rings is 2. The topological polar surface area (TPSA) is 9.23 Å². The molecule has 0 bridgehead atoms. The molecular weight excluding hydrogens is 312 g/mol. The fraction of sp³-hybridized carbons (Fsp3) is 0.200. The molecule has 0 aliphatic rings. The summed E-state index contributed by atoms with van der Waals surface area (Å²) in [5.41, 5.74) is 2.44. The van der Waals surface area contributed by atoms with Crippen LogP contribution in [0.2, 0.25) is 0 Å². The molecule has 2 rings (SSSR count). The molecule has 96 valence electrons. The second kappa shape index (κ2) is 9.01. The molecule has 2 aromatic carbocycles. The summed E-state index contributed by atoms with van der Waals surface area (Å²) in [5.74, 6) is 1.43. The van der Waals surface area contributed by atoms with Crippen molar-refractivity contribution in [3.05, 3.63) is 65.7 Å². The zero-order chi connectivity index (χ0) is 13.2. The first kappa shape index (κ1) is 15.1. The summed E-state index contributed by atoms with van der Waals surface area (Å²) in [6.45, 7) is 0. The number of halogens is 2. The smallest absolute Gasteiger partial charge is 0.118 e. The Bertz CT molecular complexity index is 405. The average Bonchev–Trinajstić information content (AvgIpc) is 2.49. The van der Waals surface area contributed by atoms with Gasteiger partial charge in [0.25, 0.3) is 0 Å². The predicted molar refractivity (Wildman–Crippen MR) is 81.6 cm³/mol. The van der Waals surface area contributed by atoms with Crippen LogP contribution in [0.4, 0.5) is 0 Å². The van der Waals surface area contributed by atoms with Crippen molar-refractivity contribution in [2.24, 2.45) is 0 Å². The molecule has 0 fully saturated rings. The van der Waals surface area contributed by atoms with Crippen LogP contribution >= 0.6 is 27.5 Å². The van der Waals surface area contributed by atoms with Crippen molar-refractivity contribution in [2.45, 2.75) is 11.2 Å². The minimum atomic E-state index is 0.560. The molecule has 0 radical (unpaired) electrons. The summed E-state index contributed by atoms with van der Waals surface area (Å²) in [4.78, 5) is 0. The van der Waals surface area contributed by atoms with Gasteiger partial charge in [-0.1, -0.05) is 58.4 Å². The number of hydrogen-bond acceptors (Lipinski definition) is 1. The van der Waals surface area contributed by atoms with Gasteiger partial charge in [0.2, 0.25) is 0 Å². The number of ether oxygens (including phenoxy) is 1. The lowest BCUT2D eigenvalue weighted by atomic mass is 10.2. The summed E-state index contributed by atoms with van der Waals surface area (Å²) < 4.78 is 4.97. The van der Waals surface area contributed by atoms with Crippen molar-refractivity contribution in [1.29, 1.82) is 0 Å². The first-order valence-corrected chi connectivity index (χ1v) is 7.24. The maximum atomic E-state index is 5.58. The molecule has 0 spiro atoms. The van der Waals surface area contributed by atoms with Crippen LogP contribution in [0.3, 0.4) is 0 Å². The van der Waals surface area contributed by atoms with Gasteiger partial charge in [-0.05, 0) is 23.3 Å². The Balaban J connectivity index is 0.000000184. The largest absolute Gasteiger partial charge is 0.497 e. The second-order valence-corrected chi connectivity index (χ2v) is 4.43. The minimum Gasteiger partial charge on any atom is -0.497 e. The molecule has 3 heteroatoms. The SMILES string of the molecule is BrCc1ccccc1.COc1ccc(CCl)cc1. The van der Waals surface area contributed by atoms with Crippen LogP contribution in [0.15, 0.2) is 54.6 Å². The van der Waals surface area contributed by atoms with E-state index in [0.29, 0.717) is 5.88 Å². The number of methoxy groups -OCH3 is 1. The monoisotopic (exact) mass is 326 g/mol. The second-order valence-electron chi connectivity index (χ2n) is 3.60. The van der Waals surface area contributed by atoms with Crippen LogP contribution in [0.1, 0.15) is 11.1 Å². The lowest BCUT2D eigenvalue weighted by Crippen LogP contribution is -1.82. The first-order chi connectivity index (χ1) is 8.80. The van der Waals surface area contributed by atoms with Gasteiger partial charge in [-0.25, -0.2) is 0 Å². The van der Waals surface area contributed by atoms with Crippen molar-refractivity contribution in [1.82, 2.24) is 0 Å². The zero-order valence-corrected chi connectivity index (χ0v) is 12.6. The lowest BCUT2D eigenvalue weighted by Gasteiger charge is -1.98. The third kappa shape index (κ3) is 5.56. The van der Waals surface area contributed by atoms with Crippen molar-refractivity contribution < 1.29 is 4.74 Å². The van der Waals surface area contributed by atoms with Crippen LogP contribution in [0.25, 0.3) is 0 Å². The van der Waals surface area contributed by atoms with Crippen LogP contribution in [-0.2, 0) is 11.2 Å². The normalized spacial score (nSPS) is 9.28. The molecular formula is C15H16BrClO. The van der Waals surface area contributed by atoms with E-state index in [9.17, 15) is 0 Å². The highest BCUT2D eigenvalue weighted by molar-refractivity contribution is 9.08. The molecule has 0 atom stereocenters. The molecule has 0 N–H and O–H groups in total. The summed E-state index contributed by atoms with van der Waals surface area (Å²) >= 11 is 8.94. The summed E-state index contributed by atoms with van der Waals surface area (Å²) in [6, 6.07) is 18.0. The Morgan fingerprint density at radius 2 is 1.56 bits per heavy atom. The number of alkyl halides is 2. The Labute approximate surface area is 122 Å². The molecule has 0 heterocycles. The molecule has 2 aromatic rings. The van der Waals surface area contributed by atoms with E-state index >= 15 is 0 Å². The Kier molecular flexibility index (Phi) is 7.54. The van der Waals surface area contributed by atoms with E-state index in [4.69, 9.17) is 16.3 Å². The molecule has 0 aliphatic carbocycles. The zero-order valence-electron chi connectivity index (χ0n) is 10.3. The van der Waals surface area contributed by atoms with Gasteiger partial charge in [0.15, 0.2) is 0 Å². The van der Waals surface area contributed by atoms with Gasteiger partial charge in [0, 0.05) is 11.2 Å². The third-order valence-electron chi connectivity index (χ3n) is 2.31. The van der Waals surface area contributed by atoms with E-state index in [1.54, 1.807) is 7.11 Å². The fourth-order valence-electron chi connectivity index (χ4n) is 1.28. The van der Waals surface area contributed by atoms with Gasteiger partial charge in [0.05, 0.1) is 7.11 Å². The fourth-order valence-corrected chi connectivity index (χ4v) is 1.83. The van der Waals surface area contributed by atoms with E-state index in [-0.39, 0.29) is 0 Å². The number of rotatable bonds is 3. The molecule has 0 aromatic heterocycles. The Morgan fingerprint density at radius 3 is 1.94 bits per heavy atom. The highest BCUT2D eigenvalue weighted by Crippen LogP contribution is 2.12. The van der Waals surface area contributed by atoms with Crippen LogP contribution < -0.4 is 4.74 Å². The molecule has 0 saturated carbocycles. The minimum absolute atomic E-state index is 0.560. The summed E-state index contributed by atoms with van der Waals surface area (Å²) in [7, 11) is 1.65. The summed E-state index contributed by atoms with van der Waals surface area (Å²) in [6.07, 6.45) is 0. The molecule has 1 nitrogen and oxygen atoms in total. The van der Waals surface area contributed by atoms with E-state index in [2.05, 4.69) is 28.1 Å². The van der Waals surface area contributed by atoms with E-state index in [0.717, 1.165) is 16.6 Å². The number of hydrogen-bond donors (Lipinski definition) is 0. The highest BCUT2D eigenvalue weighted by Gasteiger charge is 1.90. The standard InChI is InChI=1S/C8H9ClO.C7H7Br/c1-10-8-4-2-7(6-9)3-5-8;8-6-7-4-2-1-3-5-7/h2-5H,6H2,1H3;1-5H,6H2. The molecule has 0 amide bonds. The van der Waals surface area contributed by atoms with Gasteiger partial charge in [-0.2, -0.15) is 0 Å². The molecule has 18 heavy (non-hydrogen) atoms. The van der Waals surface area contributed by atoms with Crippen molar-refractivity contribution in [3.63, 3.8) is 0 Å². The Hall–Kier alpha value is -0.990. The van der Waals surface area contributed by atoms with Gasteiger partial charge in [-0.3, -0.25) is 0 Å². The van der Waals surface area contributed by atoms with E-state index < -0.39 is 0 Å². The van der Waals surface area contributed by atoms with Crippen LogP contribution in [0, 0.1) is 0 Å². The quantitative estimate of drug-likeness (QED) is 0.720. The van der Waals surface area contributed by atoms with Crippen molar-refractivity contribution in [3.8, 4) is 5.75 Å². The van der Waals surface area contributed by atoms with Crippen LogP contribution in [-0.4, -0.2) is 7.11 Å². The van der Waals surface area contributed by atoms with Gasteiger partial charge in [0.1, 0.15) is 5.75 Å². The highest BCUT2D eigenvalue weighted by atomic mass is 79.9. The average molecular weight is 328 g/mol. The third-order valence-corrected chi connectivity index (χ3v) is 3.27. The maximum absolute atomic E-state index is 5.58. The Morgan fingerprint density at radius 1 is 0.944 bits per heavy atom. The molecule has 0 saturated heterocycles. The van der Waals surface area contributed by atoms with Gasteiger partial charge < -0.3 is 4.74 Å². The van der Waals surface area contributed by atoms with Gasteiger partial charge in [-0.15, -0.1) is 11.6 Å². The molecule has 0 aliphatic heterocycles.